The van der Waals surface area contributed by atoms with Crippen LogP contribution in [0, 0.1) is 12.3 Å². The number of rotatable bonds is 1. The molecule has 1 aliphatic heterocycles. The Labute approximate surface area is 155 Å². The summed E-state index contributed by atoms with van der Waals surface area (Å²) in [6.07, 6.45) is 5.80. The quantitative estimate of drug-likeness (QED) is 0.211. The van der Waals surface area contributed by atoms with Gasteiger partial charge in [0.25, 0.3) is 0 Å². The van der Waals surface area contributed by atoms with E-state index in [2.05, 4.69) is 5.92 Å². The molecule has 1 heterocycles. The molecule has 1 aliphatic rings. The molecule has 0 saturated heterocycles. The maximum atomic E-state index is 12.4. The van der Waals surface area contributed by atoms with Crippen LogP contribution in [0.4, 0.5) is 0 Å². The van der Waals surface area contributed by atoms with E-state index in [1.165, 1.54) is 0 Å². The van der Waals surface area contributed by atoms with Gasteiger partial charge in [-0.1, -0.05) is 60.5 Å². The molecule has 4 aromatic carbocycles. The smallest absolute Gasteiger partial charge is 0.348 e. The van der Waals surface area contributed by atoms with E-state index < -0.39 is 11.9 Å². The molecule has 0 aliphatic carbocycles. The van der Waals surface area contributed by atoms with E-state index >= 15 is 0 Å². The van der Waals surface area contributed by atoms with Crippen molar-refractivity contribution >= 4 is 33.5 Å². The highest BCUT2D eigenvalue weighted by Gasteiger charge is 2.36. The molecule has 5 rings (SSSR count). The summed E-state index contributed by atoms with van der Waals surface area (Å²) >= 11 is 0. The van der Waals surface area contributed by atoms with Gasteiger partial charge in [0.05, 0.1) is 11.1 Å². The fourth-order valence-corrected chi connectivity index (χ4v) is 3.82. The van der Waals surface area contributed by atoms with Crippen molar-refractivity contribution in [2.45, 2.75) is 0 Å². The second kappa shape index (κ2) is 5.55. The molecule has 0 fully saturated rings. The number of terminal acetylenes is 1. The van der Waals surface area contributed by atoms with Crippen molar-refractivity contribution < 1.29 is 14.3 Å². The Balaban J connectivity index is 2.07. The van der Waals surface area contributed by atoms with Crippen molar-refractivity contribution in [1.29, 1.82) is 0 Å². The third kappa shape index (κ3) is 2.11. The Kier molecular flexibility index (Phi) is 3.16. The molecule has 3 heteroatoms. The minimum absolute atomic E-state index is 0.184. The van der Waals surface area contributed by atoms with E-state index in [1.54, 1.807) is 0 Å². The number of hydrogen-bond acceptors (Lipinski definition) is 3. The van der Waals surface area contributed by atoms with Gasteiger partial charge in [-0.15, -0.1) is 6.42 Å². The van der Waals surface area contributed by atoms with Crippen LogP contribution in [0.3, 0.4) is 0 Å². The summed E-state index contributed by atoms with van der Waals surface area (Å²) in [6, 6.07) is 21.5. The van der Waals surface area contributed by atoms with Crippen LogP contribution in [-0.2, 0) is 4.74 Å². The fraction of sp³-hybridized carbons (Fsp3) is 0. The highest BCUT2D eigenvalue weighted by Crippen LogP contribution is 2.41. The molecule has 0 spiro atoms. The van der Waals surface area contributed by atoms with Gasteiger partial charge in [-0.3, -0.25) is 0 Å². The minimum atomic E-state index is -0.685. The van der Waals surface area contributed by atoms with Gasteiger partial charge in [0.15, 0.2) is 0 Å². The number of carbonyl (C=O) groups excluding carboxylic acids is 2. The van der Waals surface area contributed by atoms with Crippen LogP contribution in [0.25, 0.3) is 32.7 Å². The number of hydrogen-bond donors (Lipinski definition) is 0. The van der Waals surface area contributed by atoms with E-state index in [1.807, 2.05) is 66.7 Å². The minimum Gasteiger partial charge on any atom is -0.386 e. The number of benzene rings is 4. The first-order chi connectivity index (χ1) is 13.2. The van der Waals surface area contributed by atoms with Gasteiger partial charge in [0.2, 0.25) is 0 Å². The predicted molar refractivity (Wildman–Crippen MR) is 105 cm³/mol. The Morgan fingerprint density at radius 3 is 1.89 bits per heavy atom. The number of esters is 2. The molecule has 0 unspecified atom stereocenters. The molecule has 4 aromatic rings. The van der Waals surface area contributed by atoms with E-state index in [4.69, 9.17) is 11.2 Å². The standard InChI is InChI=1S/C24H12O3/c1-2-17-20(14-8-4-3-5-9-14)18-12-15-10-6-7-11-16(15)13-19(18)22-21(17)23(25)27-24(22)26/h1,3-13H. The number of carbonyl (C=O) groups is 2. The molecule has 126 valence electrons. The average Bonchev–Trinajstić information content (AvgIpc) is 3.00. The Bertz CT molecular complexity index is 1330. The van der Waals surface area contributed by atoms with Crippen molar-refractivity contribution in [3.8, 4) is 23.5 Å². The van der Waals surface area contributed by atoms with Crippen LogP contribution in [0.1, 0.15) is 26.3 Å². The van der Waals surface area contributed by atoms with E-state index in [9.17, 15) is 9.59 Å². The number of cyclic esters (lactones) is 2. The Hall–Kier alpha value is -3.90. The van der Waals surface area contributed by atoms with Crippen LogP contribution in [-0.4, -0.2) is 11.9 Å². The summed E-state index contributed by atoms with van der Waals surface area (Å²) in [5.41, 5.74) is 2.50. The van der Waals surface area contributed by atoms with Gasteiger partial charge < -0.3 is 4.74 Å². The second-order valence-electron chi connectivity index (χ2n) is 6.43. The molecule has 0 amide bonds. The Morgan fingerprint density at radius 1 is 0.704 bits per heavy atom. The SMILES string of the molecule is C#Cc1c2c(c3cc4ccccc4cc3c1-c1ccccc1)C(=O)OC2=O. The molecule has 0 radical (unpaired) electrons. The van der Waals surface area contributed by atoms with Gasteiger partial charge in [0.1, 0.15) is 0 Å². The van der Waals surface area contributed by atoms with Crippen LogP contribution >= 0.6 is 0 Å². The molecule has 3 nitrogen and oxygen atoms in total. The predicted octanol–water partition coefficient (Wildman–Crippen LogP) is 4.95. The van der Waals surface area contributed by atoms with Crippen LogP contribution in [0.2, 0.25) is 0 Å². The number of fused-ring (bicyclic) bond motifs is 4. The summed E-state index contributed by atoms with van der Waals surface area (Å²) in [7, 11) is 0. The molecule has 0 aromatic heterocycles. The molecule has 0 saturated carbocycles. The van der Waals surface area contributed by atoms with Crippen molar-refractivity contribution in [3.63, 3.8) is 0 Å². The van der Waals surface area contributed by atoms with Crippen molar-refractivity contribution in [2.24, 2.45) is 0 Å². The van der Waals surface area contributed by atoms with E-state index in [0.717, 1.165) is 27.3 Å². The first-order valence-corrected chi connectivity index (χ1v) is 8.50. The topological polar surface area (TPSA) is 43.4 Å². The summed E-state index contributed by atoms with van der Waals surface area (Å²) in [5, 5.41) is 3.52. The Morgan fingerprint density at radius 2 is 1.26 bits per heavy atom. The third-order valence-electron chi connectivity index (χ3n) is 4.97. The molecule has 0 N–H and O–H groups in total. The highest BCUT2D eigenvalue weighted by atomic mass is 16.6. The zero-order valence-corrected chi connectivity index (χ0v) is 14.2. The number of ether oxygens (including phenoxy) is 1. The molecular weight excluding hydrogens is 336 g/mol. The first-order valence-electron chi connectivity index (χ1n) is 8.50. The molecule has 27 heavy (non-hydrogen) atoms. The van der Waals surface area contributed by atoms with Gasteiger partial charge in [0, 0.05) is 11.1 Å². The lowest BCUT2D eigenvalue weighted by Gasteiger charge is -2.14. The zero-order chi connectivity index (χ0) is 18.5. The van der Waals surface area contributed by atoms with Crippen LogP contribution < -0.4 is 0 Å². The average molecular weight is 348 g/mol. The van der Waals surface area contributed by atoms with E-state index in [-0.39, 0.29) is 11.1 Å². The van der Waals surface area contributed by atoms with Crippen molar-refractivity contribution in [3.05, 3.63) is 83.4 Å². The summed E-state index contributed by atoms with van der Waals surface area (Å²) < 4.78 is 4.91. The maximum Gasteiger partial charge on any atom is 0.348 e. The summed E-state index contributed by atoms with van der Waals surface area (Å²) in [4.78, 5) is 24.8. The van der Waals surface area contributed by atoms with Gasteiger partial charge >= 0.3 is 11.9 Å². The molecule has 0 bridgehead atoms. The van der Waals surface area contributed by atoms with Crippen molar-refractivity contribution in [1.82, 2.24) is 0 Å². The lowest BCUT2D eigenvalue weighted by molar-refractivity contribution is 0.0444. The van der Waals surface area contributed by atoms with E-state index in [0.29, 0.717) is 10.9 Å². The van der Waals surface area contributed by atoms with Gasteiger partial charge in [-0.25, -0.2) is 9.59 Å². The first kappa shape index (κ1) is 15.4. The van der Waals surface area contributed by atoms with Gasteiger partial charge in [-0.2, -0.15) is 0 Å². The normalized spacial score (nSPS) is 12.9. The summed E-state index contributed by atoms with van der Waals surface area (Å²) in [5.74, 6) is 1.30. The lowest BCUT2D eigenvalue weighted by Crippen LogP contribution is -2.01. The second-order valence-corrected chi connectivity index (χ2v) is 6.43. The molecule has 0 atom stereocenters. The lowest BCUT2D eigenvalue weighted by atomic mass is 9.85. The third-order valence-corrected chi connectivity index (χ3v) is 4.97. The van der Waals surface area contributed by atoms with Crippen LogP contribution in [0.5, 0.6) is 0 Å². The summed E-state index contributed by atoms with van der Waals surface area (Å²) in [6.45, 7) is 0. The highest BCUT2D eigenvalue weighted by molar-refractivity contribution is 6.26. The van der Waals surface area contributed by atoms with Crippen LogP contribution in [0.15, 0.2) is 66.7 Å². The fourth-order valence-electron chi connectivity index (χ4n) is 3.82. The zero-order valence-electron chi connectivity index (χ0n) is 14.2. The largest absolute Gasteiger partial charge is 0.386 e. The molecular formula is C24H12O3. The van der Waals surface area contributed by atoms with Crippen molar-refractivity contribution in [2.75, 3.05) is 0 Å². The maximum absolute atomic E-state index is 12.4. The van der Waals surface area contributed by atoms with Gasteiger partial charge in [-0.05, 0) is 39.2 Å². The monoisotopic (exact) mass is 348 g/mol.